The molecule has 0 spiro atoms. The van der Waals surface area contributed by atoms with Gasteiger partial charge < -0.3 is 4.74 Å². The molecular formula is C15H14O. The molecule has 0 bridgehead atoms. The van der Waals surface area contributed by atoms with E-state index in [1.54, 1.807) is 0 Å². The monoisotopic (exact) mass is 210 g/mol. The van der Waals surface area contributed by atoms with Crippen molar-refractivity contribution >= 4 is 0 Å². The van der Waals surface area contributed by atoms with Crippen LogP contribution < -0.4 is 0 Å². The van der Waals surface area contributed by atoms with Crippen LogP contribution in [0, 0.1) is 0 Å². The number of ether oxygens (including phenoxy) is 1. The van der Waals surface area contributed by atoms with Crippen molar-refractivity contribution in [3.63, 3.8) is 0 Å². The smallest absolute Gasteiger partial charge is 0.120 e. The van der Waals surface area contributed by atoms with Crippen molar-refractivity contribution < 1.29 is 4.74 Å². The molecule has 1 nitrogen and oxygen atoms in total. The molecule has 0 aliphatic carbocycles. The molecule has 0 amide bonds. The largest absolute Gasteiger partial charge is 0.365 e. The quantitative estimate of drug-likeness (QED) is 0.738. The van der Waals surface area contributed by atoms with Gasteiger partial charge in [0, 0.05) is 6.42 Å². The van der Waals surface area contributed by atoms with Crippen molar-refractivity contribution in [3.05, 3.63) is 71.8 Å². The molecule has 1 aliphatic rings. The maximum absolute atomic E-state index is 5.89. The van der Waals surface area contributed by atoms with Gasteiger partial charge in [-0.2, -0.15) is 0 Å². The summed E-state index contributed by atoms with van der Waals surface area (Å²) in [6.45, 7) is 0.851. The van der Waals surface area contributed by atoms with E-state index in [-0.39, 0.29) is 5.60 Å². The molecule has 16 heavy (non-hydrogen) atoms. The number of hydrogen-bond acceptors (Lipinski definition) is 1. The first-order valence-electron chi connectivity index (χ1n) is 5.67. The van der Waals surface area contributed by atoms with E-state index >= 15 is 0 Å². The average molecular weight is 210 g/mol. The standard InChI is InChI=1S/C15H14O/c1-3-7-13(8-4-1)15(11-12-16-15)14-9-5-2-6-10-14/h1-10H,11-12H2. The molecular weight excluding hydrogens is 196 g/mol. The average Bonchev–Trinajstić information content (AvgIpc) is 2.31. The molecule has 1 aliphatic heterocycles. The molecule has 2 aromatic rings. The van der Waals surface area contributed by atoms with E-state index in [0.717, 1.165) is 13.0 Å². The van der Waals surface area contributed by atoms with E-state index in [1.807, 2.05) is 12.1 Å². The van der Waals surface area contributed by atoms with Gasteiger partial charge in [0.2, 0.25) is 0 Å². The highest BCUT2D eigenvalue weighted by Gasteiger charge is 2.41. The van der Waals surface area contributed by atoms with Gasteiger partial charge in [-0.15, -0.1) is 0 Å². The predicted molar refractivity (Wildman–Crippen MR) is 64.2 cm³/mol. The van der Waals surface area contributed by atoms with Crippen molar-refractivity contribution in [2.75, 3.05) is 6.61 Å². The lowest BCUT2D eigenvalue weighted by Gasteiger charge is -2.43. The number of benzene rings is 2. The van der Waals surface area contributed by atoms with Crippen LogP contribution in [0.2, 0.25) is 0 Å². The maximum atomic E-state index is 5.89. The number of hydrogen-bond donors (Lipinski definition) is 0. The van der Waals surface area contributed by atoms with E-state index in [0.29, 0.717) is 0 Å². The highest BCUT2D eigenvalue weighted by molar-refractivity contribution is 5.37. The lowest BCUT2D eigenvalue weighted by Crippen LogP contribution is -2.41. The predicted octanol–water partition coefficient (Wildman–Crippen LogP) is 3.35. The molecule has 2 aromatic carbocycles. The fourth-order valence-corrected chi connectivity index (χ4v) is 2.34. The molecule has 0 unspecified atom stereocenters. The second-order valence-corrected chi connectivity index (χ2v) is 4.16. The third-order valence-electron chi connectivity index (χ3n) is 3.28. The Morgan fingerprint density at radius 3 is 1.50 bits per heavy atom. The molecule has 1 fully saturated rings. The fourth-order valence-electron chi connectivity index (χ4n) is 2.34. The van der Waals surface area contributed by atoms with Gasteiger partial charge in [0.25, 0.3) is 0 Å². The molecule has 3 rings (SSSR count). The van der Waals surface area contributed by atoms with Gasteiger partial charge in [-0.05, 0) is 11.1 Å². The molecule has 0 atom stereocenters. The van der Waals surface area contributed by atoms with Crippen molar-refractivity contribution in [1.82, 2.24) is 0 Å². The highest BCUT2D eigenvalue weighted by atomic mass is 16.5. The molecule has 0 aromatic heterocycles. The van der Waals surface area contributed by atoms with Crippen molar-refractivity contribution in [1.29, 1.82) is 0 Å². The van der Waals surface area contributed by atoms with Gasteiger partial charge in [0.05, 0.1) is 6.61 Å². The van der Waals surface area contributed by atoms with Crippen LogP contribution in [0.25, 0.3) is 0 Å². The Hall–Kier alpha value is -1.60. The van der Waals surface area contributed by atoms with Crippen LogP contribution in [0.4, 0.5) is 0 Å². The molecule has 80 valence electrons. The minimum absolute atomic E-state index is 0.192. The Labute approximate surface area is 95.7 Å². The fraction of sp³-hybridized carbons (Fsp3) is 0.200. The second kappa shape index (κ2) is 3.76. The van der Waals surface area contributed by atoms with Crippen LogP contribution in [-0.2, 0) is 10.3 Å². The Balaban J connectivity index is 2.08. The SMILES string of the molecule is c1ccc(C2(c3ccccc3)CCO2)cc1. The Morgan fingerprint density at radius 1 is 0.750 bits per heavy atom. The first-order valence-corrected chi connectivity index (χ1v) is 5.67. The van der Waals surface area contributed by atoms with Crippen molar-refractivity contribution in [2.24, 2.45) is 0 Å². The van der Waals surface area contributed by atoms with Crippen LogP contribution in [0.15, 0.2) is 60.7 Å². The van der Waals surface area contributed by atoms with Gasteiger partial charge in [-0.3, -0.25) is 0 Å². The topological polar surface area (TPSA) is 9.23 Å². The molecule has 0 N–H and O–H groups in total. The first-order chi connectivity index (χ1) is 7.92. The second-order valence-electron chi connectivity index (χ2n) is 4.16. The summed E-state index contributed by atoms with van der Waals surface area (Å²) in [5.74, 6) is 0. The normalized spacial score (nSPS) is 17.8. The Kier molecular flexibility index (Phi) is 2.26. The van der Waals surface area contributed by atoms with Crippen LogP contribution in [-0.4, -0.2) is 6.61 Å². The summed E-state index contributed by atoms with van der Waals surface area (Å²) < 4.78 is 5.89. The third kappa shape index (κ3) is 1.36. The van der Waals surface area contributed by atoms with E-state index in [1.165, 1.54) is 11.1 Å². The Bertz CT molecular complexity index is 416. The zero-order valence-electron chi connectivity index (χ0n) is 9.10. The van der Waals surface area contributed by atoms with Gasteiger partial charge in [-0.1, -0.05) is 60.7 Å². The first kappa shape index (κ1) is 9.61. The van der Waals surface area contributed by atoms with E-state index in [2.05, 4.69) is 48.5 Å². The molecule has 0 saturated carbocycles. The lowest BCUT2D eigenvalue weighted by molar-refractivity contribution is -0.123. The number of rotatable bonds is 2. The molecule has 1 heterocycles. The minimum Gasteiger partial charge on any atom is -0.365 e. The zero-order valence-corrected chi connectivity index (χ0v) is 9.10. The van der Waals surface area contributed by atoms with E-state index in [9.17, 15) is 0 Å². The maximum Gasteiger partial charge on any atom is 0.120 e. The van der Waals surface area contributed by atoms with Gasteiger partial charge in [0.1, 0.15) is 5.60 Å². The third-order valence-corrected chi connectivity index (χ3v) is 3.28. The summed E-state index contributed by atoms with van der Waals surface area (Å²) in [5.41, 5.74) is 2.32. The van der Waals surface area contributed by atoms with Gasteiger partial charge >= 0.3 is 0 Å². The summed E-state index contributed by atoms with van der Waals surface area (Å²) in [5, 5.41) is 0. The van der Waals surface area contributed by atoms with Crippen molar-refractivity contribution in [3.8, 4) is 0 Å². The molecule has 0 radical (unpaired) electrons. The lowest BCUT2D eigenvalue weighted by atomic mass is 9.80. The van der Waals surface area contributed by atoms with Crippen LogP contribution in [0.1, 0.15) is 17.5 Å². The molecule has 1 heteroatoms. The van der Waals surface area contributed by atoms with Crippen LogP contribution >= 0.6 is 0 Å². The van der Waals surface area contributed by atoms with Gasteiger partial charge in [0.15, 0.2) is 0 Å². The minimum atomic E-state index is -0.192. The van der Waals surface area contributed by atoms with E-state index in [4.69, 9.17) is 4.74 Å². The summed E-state index contributed by atoms with van der Waals surface area (Å²) in [6, 6.07) is 20.9. The van der Waals surface area contributed by atoms with Crippen LogP contribution in [0.3, 0.4) is 0 Å². The zero-order chi connectivity index (χ0) is 10.8. The summed E-state index contributed by atoms with van der Waals surface area (Å²) in [4.78, 5) is 0. The summed E-state index contributed by atoms with van der Waals surface area (Å²) in [6.07, 6.45) is 1.07. The van der Waals surface area contributed by atoms with E-state index < -0.39 is 0 Å². The van der Waals surface area contributed by atoms with Crippen LogP contribution in [0.5, 0.6) is 0 Å². The van der Waals surface area contributed by atoms with Gasteiger partial charge in [-0.25, -0.2) is 0 Å². The van der Waals surface area contributed by atoms with Crippen molar-refractivity contribution in [2.45, 2.75) is 12.0 Å². The highest BCUT2D eigenvalue weighted by Crippen LogP contribution is 2.43. The summed E-state index contributed by atoms with van der Waals surface area (Å²) >= 11 is 0. The molecule has 1 saturated heterocycles. The summed E-state index contributed by atoms with van der Waals surface area (Å²) in [7, 11) is 0. The Morgan fingerprint density at radius 2 is 1.19 bits per heavy atom.